The third-order valence-electron chi connectivity index (χ3n) is 4.34. The summed E-state index contributed by atoms with van der Waals surface area (Å²) in [7, 11) is 0. The van der Waals surface area contributed by atoms with Crippen LogP contribution in [0.1, 0.15) is 24.5 Å². The van der Waals surface area contributed by atoms with Gasteiger partial charge in [-0.3, -0.25) is 4.98 Å². The lowest BCUT2D eigenvalue weighted by molar-refractivity contribution is 1.04. The minimum atomic E-state index is 1.09. The Bertz CT molecular complexity index is 853. The average Bonchev–Trinajstić information content (AvgIpc) is 2.97. The second kappa shape index (κ2) is 4.85. The Balaban J connectivity index is 1.99. The van der Waals surface area contributed by atoms with E-state index in [2.05, 4.69) is 60.4 Å². The fourth-order valence-electron chi connectivity index (χ4n) is 3.22. The SMILES string of the molecule is CCC1=Cc2c(cccc2-c2cccc3cccnc23)C1. The summed E-state index contributed by atoms with van der Waals surface area (Å²) in [5.74, 6) is 0. The highest BCUT2D eigenvalue weighted by molar-refractivity contribution is 5.96. The quantitative estimate of drug-likeness (QED) is 0.620. The largest absolute Gasteiger partial charge is 0.256 e. The predicted molar refractivity (Wildman–Crippen MR) is 89.2 cm³/mol. The van der Waals surface area contributed by atoms with Gasteiger partial charge < -0.3 is 0 Å². The molecule has 1 nitrogen and oxygen atoms in total. The molecule has 0 radical (unpaired) electrons. The first-order valence-corrected chi connectivity index (χ1v) is 7.52. The summed E-state index contributed by atoms with van der Waals surface area (Å²) in [6, 6.07) is 17.2. The molecule has 21 heavy (non-hydrogen) atoms. The Morgan fingerprint density at radius 1 is 0.952 bits per heavy atom. The summed E-state index contributed by atoms with van der Waals surface area (Å²) >= 11 is 0. The number of benzene rings is 2. The topological polar surface area (TPSA) is 12.9 Å². The number of rotatable bonds is 2. The number of fused-ring (bicyclic) bond motifs is 2. The van der Waals surface area contributed by atoms with Crippen LogP contribution in [0.4, 0.5) is 0 Å². The molecule has 0 saturated carbocycles. The van der Waals surface area contributed by atoms with Gasteiger partial charge in [0.05, 0.1) is 5.52 Å². The maximum absolute atomic E-state index is 4.60. The van der Waals surface area contributed by atoms with E-state index in [1.54, 1.807) is 0 Å². The van der Waals surface area contributed by atoms with E-state index < -0.39 is 0 Å². The van der Waals surface area contributed by atoms with Crippen LogP contribution in [0.15, 0.2) is 60.3 Å². The summed E-state index contributed by atoms with van der Waals surface area (Å²) in [6.45, 7) is 2.23. The molecule has 0 saturated heterocycles. The second-order valence-electron chi connectivity index (χ2n) is 5.59. The molecule has 1 heteroatoms. The molecule has 0 atom stereocenters. The average molecular weight is 271 g/mol. The van der Waals surface area contributed by atoms with Gasteiger partial charge >= 0.3 is 0 Å². The van der Waals surface area contributed by atoms with Crippen LogP contribution in [0.2, 0.25) is 0 Å². The first-order chi connectivity index (χ1) is 10.4. The normalized spacial score (nSPS) is 13.3. The zero-order valence-corrected chi connectivity index (χ0v) is 12.1. The molecule has 0 N–H and O–H groups in total. The van der Waals surface area contributed by atoms with Crippen LogP contribution >= 0.6 is 0 Å². The Morgan fingerprint density at radius 2 is 1.76 bits per heavy atom. The van der Waals surface area contributed by atoms with Crippen molar-refractivity contribution in [2.75, 3.05) is 0 Å². The summed E-state index contributed by atoms with van der Waals surface area (Å²) in [5, 5.41) is 1.20. The van der Waals surface area contributed by atoms with E-state index in [9.17, 15) is 0 Å². The molecule has 0 bridgehead atoms. The highest BCUT2D eigenvalue weighted by Crippen LogP contribution is 2.37. The lowest BCUT2D eigenvalue weighted by atomic mass is 9.95. The van der Waals surface area contributed by atoms with Crippen molar-refractivity contribution in [1.29, 1.82) is 0 Å². The first kappa shape index (κ1) is 12.3. The summed E-state index contributed by atoms with van der Waals surface area (Å²) in [6.07, 6.45) is 6.47. The molecule has 4 rings (SSSR count). The van der Waals surface area contributed by atoms with Crippen molar-refractivity contribution < 1.29 is 0 Å². The van der Waals surface area contributed by atoms with Gasteiger partial charge in [-0.25, -0.2) is 0 Å². The molecule has 102 valence electrons. The Labute approximate surface area is 125 Å². The second-order valence-corrected chi connectivity index (χ2v) is 5.59. The van der Waals surface area contributed by atoms with Crippen LogP contribution < -0.4 is 0 Å². The van der Waals surface area contributed by atoms with Crippen LogP contribution in [0.25, 0.3) is 28.1 Å². The minimum Gasteiger partial charge on any atom is -0.256 e. The molecular weight excluding hydrogens is 254 g/mol. The van der Waals surface area contributed by atoms with Gasteiger partial charge in [-0.2, -0.15) is 0 Å². The maximum atomic E-state index is 4.60. The molecule has 0 amide bonds. The Kier molecular flexibility index (Phi) is 2.85. The highest BCUT2D eigenvalue weighted by atomic mass is 14.6. The van der Waals surface area contributed by atoms with Crippen molar-refractivity contribution in [3.8, 4) is 11.1 Å². The summed E-state index contributed by atoms with van der Waals surface area (Å²) in [5.41, 5.74) is 7.97. The van der Waals surface area contributed by atoms with Gasteiger partial charge in [0.1, 0.15) is 0 Å². The highest BCUT2D eigenvalue weighted by Gasteiger charge is 2.16. The lowest BCUT2D eigenvalue weighted by Gasteiger charge is -2.10. The van der Waals surface area contributed by atoms with Crippen molar-refractivity contribution in [1.82, 2.24) is 4.98 Å². The number of allylic oxidation sites excluding steroid dienone is 1. The molecule has 1 aliphatic carbocycles. The van der Waals surface area contributed by atoms with Crippen LogP contribution in [0.5, 0.6) is 0 Å². The molecule has 1 aliphatic rings. The van der Waals surface area contributed by atoms with E-state index >= 15 is 0 Å². The van der Waals surface area contributed by atoms with E-state index in [0.717, 1.165) is 18.4 Å². The van der Waals surface area contributed by atoms with Gasteiger partial charge in [0, 0.05) is 17.1 Å². The predicted octanol–water partition coefficient (Wildman–Crippen LogP) is 5.25. The number of pyridine rings is 1. The minimum absolute atomic E-state index is 1.09. The van der Waals surface area contributed by atoms with Crippen LogP contribution in [0.3, 0.4) is 0 Å². The Hall–Kier alpha value is -2.41. The van der Waals surface area contributed by atoms with Crippen LogP contribution in [-0.2, 0) is 6.42 Å². The Morgan fingerprint density at radius 3 is 2.67 bits per heavy atom. The van der Waals surface area contributed by atoms with Crippen molar-refractivity contribution in [3.63, 3.8) is 0 Å². The summed E-state index contributed by atoms with van der Waals surface area (Å²) in [4.78, 5) is 4.60. The molecule has 0 fully saturated rings. The van der Waals surface area contributed by atoms with Gasteiger partial charge in [0.2, 0.25) is 0 Å². The molecular formula is C20H17N. The van der Waals surface area contributed by atoms with Crippen molar-refractivity contribution >= 4 is 17.0 Å². The van der Waals surface area contributed by atoms with Gasteiger partial charge in [0.15, 0.2) is 0 Å². The summed E-state index contributed by atoms with van der Waals surface area (Å²) < 4.78 is 0. The molecule has 3 aromatic rings. The zero-order valence-electron chi connectivity index (χ0n) is 12.1. The van der Waals surface area contributed by atoms with Gasteiger partial charge in [-0.15, -0.1) is 0 Å². The van der Waals surface area contributed by atoms with Crippen molar-refractivity contribution in [2.45, 2.75) is 19.8 Å². The van der Waals surface area contributed by atoms with Gasteiger partial charge in [0.25, 0.3) is 0 Å². The third-order valence-corrected chi connectivity index (χ3v) is 4.34. The third kappa shape index (κ3) is 1.97. The zero-order chi connectivity index (χ0) is 14.2. The maximum Gasteiger partial charge on any atom is 0.0780 e. The van der Waals surface area contributed by atoms with E-state index in [1.165, 1.54) is 33.2 Å². The standard InChI is InChI=1S/C20H17N/c1-2-14-12-16-7-4-9-17(19(16)13-14)18-10-3-6-15-8-5-11-21-20(15)18/h3-11,13H,2,12H2,1H3. The van der Waals surface area contributed by atoms with Crippen molar-refractivity contribution in [3.05, 3.63) is 71.4 Å². The molecule has 1 heterocycles. The lowest BCUT2D eigenvalue weighted by Crippen LogP contribution is -1.89. The number of aromatic nitrogens is 1. The number of nitrogens with zero attached hydrogens (tertiary/aromatic N) is 1. The molecule has 0 spiro atoms. The number of hydrogen-bond donors (Lipinski definition) is 0. The van der Waals surface area contributed by atoms with Crippen molar-refractivity contribution in [2.24, 2.45) is 0 Å². The number of hydrogen-bond acceptors (Lipinski definition) is 1. The molecule has 0 unspecified atom stereocenters. The van der Waals surface area contributed by atoms with Crippen LogP contribution in [0, 0.1) is 0 Å². The monoisotopic (exact) mass is 271 g/mol. The smallest absolute Gasteiger partial charge is 0.0780 e. The van der Waals surface area contributed by atoms with E-state index in [0.29, 0.717) is 0 Å². The fraction of sp³-hybridized carbons (Fsp3) is 0.150. The molecule has 1 aromatic heterocycles. The molecule has 2 aromatic carbocycles. The van der Waals surface area contributed by atoms with E-state index in [-0.39, 0.29) is 0 Å². The fourth-order valence-corrected chi connectivity index (χ4v) is 3.22. The van der Waals surface area contributed by atoms with Gasteiger partial charge in [-0.05, 0) is 35.6 Å². The number of para-hydroxylation sites is 1. The van der Waals surface area contributed by atoms with E-state index in [4.69, 9.17) is 0 Å². The first-order valence-electron chi connectivity index (χ1n) is 7.52. The van der Waals surface area contributed by atoms with Crippen LogP contribution in [-0.4, -0.2) is 4.98 Å². The van der Waals surface area contributed by atoms with E-state index in [1.807, 2.05) is 12.3 Å². The molecule has 0 aliphatic heterocycles. The van der Waals surface area contributed by atoms with Gasteiger partial charge in [-0.1, -0.05) is 61.0 Å².